The van der Waals surface area contributed by atoms with Crippen molar-refractivity contribution < 1.29 is 9.28 Å². The second kappa shape index (κ2) is 3.39. The summed E-state index contributed by atoms with van der Waals surface area (Å²) in [6.07, 6.45) is 2.34. The highest BCUT2D eigenvalue weighted by molar-refractivity contribution is 6.06. The third kappa shape index (κ3) is 1.40. The minimum atomic E-state index is -0.827. The molecule has 0 aliphatic rings. The first kappa shape index (κ1) is 9.17. The molecule has 6 nitrogen and oxygen atoms in total. The number of nitrogens with zero attached hydrogens (tertiary/aromatic N) is 5. The van der Waals surface area contributed by atoms with Crippen LogP contribution in [-0.4, -0.2) is 15.7 Å². The van der Waals surface area contributed by atoms with Gasteiger partial charge >= 0.3 is 0 Å². The van der Waals surface area contributed by atoms with Gasteiger partial charge in [0.15, 0.2) is 5.65 Å². The molecule has 0 saturated heterocycles. The summed E-state index contributed by atoms with van der Waals surface area (Å²) in [7, 11) is 0. The van der Waals surface area contributed by atoms with Crippen LogP contribution >= 0.6 is 0 Å². The molecular weight excluding hydrogens is 201 g/mol. The van der Waals surface area contributed by atoms with E-state index in [4.69, 9.17) is 5.53 Å². The molecule has 0 fully saturated rings. The predicted octanol–water partition coefficient (Wildman–Crippen LogP) is 2.22. The van der Waals surface area contributed by atoms with Crippen molar-refractivity contribution in [3.05, 3.63) is 40.5 Å². The SMILES string of the molecule is [N-]=[N+]=NC(=O)c1cn(F)c2ncccc12. The highest BCUT2D eigenvalue weighted by atomic mass is 19.2. The number of aromatic nitrogens is 2. The van der Waals surface area contributed by atoms with E-state index in [1.54, 1.807) is 6.07 Å². The van der Waals surface area contributed by atoms with Crippen LogP contribution in [0.1, 0.15) is 10.4 Å². The van der Waals surface area contributed by atoms with E-state index >= 15 is 0 Å². The molecule has 0 bridgehead atoms. The van der Waals surface area contributed by atoms with Crippen LogP contribution in [0.5, 0.6) is 0 Å². The van der Waals surface area contributed by atoms with Crippen LogP contribution in [0.15, 0.2) is 29.6 Å². The number of fused-ring (bicyclic) bond motifs is 1. The lowest BCUT2D eigenvalue weighted by molar-refractivity contribution is 0.100. The van der Waals surface area contributed by atoms with E-state index in [0.29, 0.717) is 5.39 Å². The summed E-state index contributed by atoms with van der Waals surface area (Å²) in [5.74, 6) is -0.827. The molecule has 0 radical (unpaired) electrons. The molecule has 0 aliphatic heterocycles. The number of halogens is 1. The second-order valence-electron chi connectivity index (χ2n) is 2.72. The summed E-state index contributed by atoms with van der Waals surface area (Å²) >= 11 is 0. The Labute approximate surface area is 82.5 Å². The van der Waals surface area contributed by atoms with Gasteiger partial charge in [0, 0.05) is 16.5 Å². The Balaban J connectivity index is 2.72. The van der Waals surface area contributed by atoms with Crippen molar-refractivity contribution in [3.63, 3.8) is 0 Å². The Morgan fingerprint density at radius 1 is 1.67 bits per heavy atom. The van der Waals surface area contributed by atoms with Crippen LogP contribution < -0.4 is 0 Å². The number of hydrogen-bond donors (Lipinski definition) is 0. The average molecular weight is 205 g/mol. The van der Waals surface area contributed by atoms with Gasteiger partial charge in [-0.05, 0) is 22.8 Å². The van der Waals surface area contributed by atoms with Gasteiger partial charge in [-0.25, -0.2) is 4.98 Å². The molecule has 2 rings (SSSR count). The third-order valence-corrected chi connectivity index (χ3v) is 1.89. The highest BCUT2D eigenvalue weighted by Crippen LogP contribution is 2.19. The zero-order chi connectivity index (χ0) is 10.8. The number of carbonyl (C=O) groups is 1. The maximum Gasteiger partial charge on any atom is 0.251 e. The van der Waals surface area contributed by atoms with Crippen molar-refractivity contribution in [2.75, 3.05) is 0 Å². The van der Waals surface area contributed by atoms with E-state index in [1.165, 1.54) is 12.3 Å². The zero-order valence-corrected chi connectivity index (χ0v) is 7.33. The predicted molar refractivity (Wildman–Crippen MR) is 49.7 cm³/mol. The normalized spacial score (nSPS) is 9.93. The van der Waals surface area contributed by atoms with Gasteiger partial charge in [-0.15, -0.1) is 0 Å². The van der Waals surface area contributed by atoms with Crippen molar-refractivity contribution in [1.82, 2.24) is 9.77 Å². The Morgan fingerprint density at radius 3 is 3.20 bits per heavy atom. The molecule has 2 aromatic heterocycles. The number of hydrogen-bond acceptors (Lipinski definition) is 2. The Kier molecular flexibility index (Phi) is 2.07. The first-order valence-corrected chi connectivity index (χ1v) is 3.95. The summed E-state index contributed by atoms with van der Waals surface area (Å²) in [6, 6.07) is 3.09. The lowest BCUT2D eigenvalue weighted by atomic mass is 10.2. The first-order valence-electron chi connectivity index (χ1n) is 3.95. The Hall–Kier alpha value is -2.40. The van der Waals surface area contributed by atoms with Crippen LogP contribution in [0.2, 0.25) is 0 Å². The van der Waals surface area contributed by atoms with Crippen LogP contribution in [0.25, 0.3) is 21.5 Å². The van der Waals surface area contributed by atoms with Crippen LogP contribution in [-0.2, 0) is 0 Å². The van der Waals surface area contributed by atoms with E-state index in [1.807, 2.05) is 0 Å². The van der Waals surface area contributed by atoms with E-state index in [0.717, 1.165) is 6.20 Å². The lowest BCUT2D eigenvalue weighted by Gasteiger charge is -1.89. The second-order valence-corrected chi connectivity index (χ2v) is 2.72. The smallest absolute Gasteiger partial charge is 0.251 e. The molecule has 0 unspecified atom stereocenters. The van der Waals surface area contributed by atoms with E-state index < -0.39 is 5.91 Å². The number of rotatable bonds is 1. The number of amides is 1. The third-order valence-electron chi connectivity index (χ3n) is 1.89. The van der Waals surface area contributed by atoms with Crippen molar-refractivity contribution in [1.29, 1.82) is 0 Å². The molecular formula is C8H4FN5O. The van der Waals surface area contributed by atoms with E-state index in [-0.39, 0.29) is 16.0 Å². The Morgan fingerprint density at radius 2 is 2.47 bits per heavy atom. The standard InChI is InChI=1S/C8H4FN5O/c9-14-4-6(8(15)12-13-10)5-2-1-3-11-7(5)14/h1-4H. The van der Waals surface area contributed by atoms with Gasteiger partial charge in [-0.3, -0.25) is 4.79 Å². The van der Waals surface area contributed by atoms with E-state index in [2.05, 4.69) is 15.0 Å². The van der Waals surface area contributed by atoms with E-state index in [9.17, 15) is 9.28 Å². The van der Waals surface area contributed by atoms with Crippen LogP contribution in [0, 0.1) is 0 Å². The number of carbonyl (C=O) groups excluding carboxylic acids is 1. The quantitative estimate of drug-likeness (QED) is 0.406. The van der Waals surface area contributed by atoms with Gasteiger partial charge < -0.3 is 0 Å². The molecule has 0 saturated carbocycles. The van der Waals surface area contributed by atoms with Crippen molar-refractivity contribution in [3.8, 4) is 0 Å². The summed E-state index contributed by atoms with van der Waals surface area (Å²) in [5.41, 5.74) is 8.12. The molecule has 0 aromatic carbocycles. The molecule has 2 aromatic rings. The molecule has 1 amide bonds. The molecule has 2 heterocycles. The molecule has 0 aliphatic carbocycles. The fourth-order valence-corrected chi connectivity index (χ4v) is 1.29. The summed E-state index contributed by atoms with van der Waals surface area (Å²) in [6.45, 7) is 0. The summed E-state index contributed by atoms with van der Waals surface area (Å²) < 4.78 is 13.2. The highest BCUT2D eigenvalue weighted by Gasteiger charge is 2.14. The van der Waals surface area contributed by atoms with Gasteiger partial charge in [0.2, 0.25) is 0 Å². The number of azide groups is 1. The maximum atomic E-state index is 13.2. The van der Waals surface area contributed by atoms with Gasteiger partial charge in [-0.2, -0.15) is 4.79 Å². The zero-order valence-electron chi connectivity index (χ0n) is 7.33. The van der Waals surface area contributed by atoms with Gasteiger partial charge in [0.1, 0.15) is 0 Å². The molecule has 74 valence electrons. The van der Waals surface area contributed by atoms with Gasteiger partial charge in [0.05, 0.1) is 11.8 Å². The fourth-order valence-electron chi connectivity index (χ4n) is 1.29. The first-order chi connectivity index (χ1) is 7.24. The average Bonchev–Trinajstić information content (AvgIpc) is 2.58. The lowest BCUT2D eigenvalue weighted by Crippen LogP contribution is -1.90. The largest absolute Gasteiger partial charge is 0.287 e. The van der Waals surface area contributed by atoms with Gasteiger partial charge in [0.25, 0.3) is 5.91 Å². The minimum absolute atomic E-state index is 0.00148. The van der Waals surface area contributed by atoms with Gasteiger partial charge in [-0.1, -0.05) is 4.48 Å². The maximum absolute atomic E-state index is 13.2. The van der Waals surface area contributed by atoms with Crippen molar-refractivity contribution in [2.24, 2.45) is 5.11 Å². The monoisotopic (exact) mass is 205 g/mol. The Bertz CT molecular complexity index is 584. The van der Waals surface area contributed by atoms with Crippen LogP contribution in [0.3, 0.4) is 0 Å². The van der Waals surface area contributed by atoms with Crippen molar-refractivity contribution >= 4 is 16.9 Å². The number of pyridine rings is 1. The fraction of sp³-hybridized carbons (Fsp3) is 0. The molecule has 0 atom stereocenters. The summed E-state index contributed by atoms with van der Waals surface area (Å²) in [5, 5.41) is 3.21. The van der Waals surface area contributed by atoms with Crippen LogP contribution in [0.4, 0.5) is 4.48 Å². The molecule has 15 heavy (non-hydrogen) atoms. The minimum Gasteiger partial charge on any atom is -0.287 e. The molecule has 0 spiro atoms. The summed E-state index contributed by atoms with van der Waals surface area (Å²) in [4.78, 5) is 17.6. The molecule has 0 N–H and O–H groups in total. The van der Waals surface area contributed by atoms with Crippen molar-refractivity contribution in [2.45, 2.75) is 0 Å². The topological polar surface area (TPSA) is 83.7 Å². The molecule has 7 heteroatoms.